The molecule has 2 amide bonds. The lowest BCUT2D eigenvalue weighted by atomic mass is 9.72. The Morgan fingerprint density at radius 2 is 1.76 bits per heavy atom. The Balaban J connectivity index is 1.37. The topological polar surface area (TPSA) is 52.7 Å². The van der Waals surface area contributed by atoms with E-state index in [-0.39, 0.29) is 17.2 Å². The average Bonchev–Trinajstić information content (AvgIpc) is 3.26. The number of thiophene rings is 1. The summed E-state index contributed by atoms with van der Waals surface area (Å²) in [6.45, 7) is 10.8. The second kappa shape index (κ2) is 11.2. The zero-order chi connectivity index (χ0) is 26.9. The predicted molar refractivity (Wildman–Crippen MR) is 156 cm³/mol. The van der Waals surface area contributed by atoms with E-state index in [1.165, 1.54) is 10.4 Å². The molecule has 1 aliphatic carbocycles. The number of rotatable bonds is 5. The van der Waals surface area contributed by atoms with E-state index in [1.807, 2.05) is 11.0 Å². The van der Waals surface area contributed by atoms with Crippen molar-refractivity contribution < 1.29 is 9.59 Å². The van der Waals surface area contributed by atoms with E-state index >= 15 is 0 Å². The van der Waals surface area contributed by atoms with E-state index in [0.29, 0.717) is 40.2 Å². The van der Waals surface area contributed by atoms with E-state index in [1.54, 1.807) is 35.6 Å². The molecule has 1 aromatic heterocycles. The molecule has 1 fully saturated rings. The first-order chi connectivity index (χ1) is 18.2. The van der Waals surface area contributed by atoms with Crippen molar-refractivity contribution in [1.29, 1.82) is 0 Å². The first kappa shape index (κ1) is 26.9. The summed E-state index contributed by atoms with van der Waals surface area (Å²) >= 11 is 7.72. The van der Waals surface area contributed by atoms with Gasteiger partial charge in [0.2, 0.25) is 0 Å². The summed E-state index contributed by atoms with van der Waals surface area (Å²) in [5, 5.41) is 4.28. The molecule has 1 atom stereocenters. The van der Waals surface area contributed by atoms with Gasteiger partial charge in [0.25, 0.3) is 11.8 Å². The predicted octanol–water partition coefficient (Wildman–Crippen LogP) is 6.76. The molecule has 1 aliphatic heterocycles. The third kappa shape index (κ3) is 5.98. The molecule has 7 heteroatoms. The molecule has 2 heterocycles. The number of hydrogen-bond donors (Lipinski definition) is 1. The zero-order valence-electron chi connectivity index (χ0n) is 22.4. The van der Waals surface area contributed by atoms with Gasteiger partial charge in [0, 0.05) is 48.2 Å². The van der Waals surface area contributed by atoms with Crippen LogP contribution in [-0.4, -0.2) is 47.8 Å². The second-order valence-electron chi connectivity index (χ2n) is 11.5. The highest BCUT2D eigenvalue weighted by Crippen LogP contribution is 2.45. The lowest BCUT2D eigenvalue weighted by Crippen LogP contribution is -2.48. The van der Waals surface area contributed by atoms with Gasteiger partial charge in [0.15, 0.2) is 0 Å². The number of nitrogens with zero attached hydrogens (tertiary/aromatic N) is 2. The van der Waals surface area contributed by atoms with Crippen LogP contribution in [0, 0.1) is 11.3 Å². The molecular weight excluding hydrogens is 514 g/mol. The van der Waals surface area contributed by atoms with Crippen molar-refractivity contribution in [2.75, 3.05) is 31.5 Å². The van der Waals surface area contributed by atoms with E-state index < -0.39 is 0 Å². The zero-order valence-corrected chi connectivity index (χ0v) is 24.0. The van der Waals surface area contributed by atoms with Crippen LogP contribution in [0.2, 0.25) is 5.02 Å². The Labute approximate surface area is 234 Å². The fourth-order valence-corrected chi connectivity index (χ4v) is 7.06. The molecule has 1 N–H and O–H groups in total. The number of halogens is 1. The van der Waals surface area contributed by atoms with Crippen molar-refractivity contribution in [1.82, 2.24) is 9.80 Å². The van der Waals surface area contributed by atoms with Gasteiger partial charge >= 0.3 is 0 Å². The molecule has 0 radical (unpaired) electrons. The van der Waals surface area contributed by atoms with Crippen LogP contribution in [0.1, 0.15) is 63.9 Å². The molecule has 0 saturated carbocycles. The first-order valence-electron chi connectivity index (χ1n) is 13.5. The van der Waals surface area contributed by atoms with Crippen LogP contribution in [0.15, 0.2) is 54.6 Å². The fraction of sp³-hybridized carbons (Fsp3) is 0.419. The molecule has 2 aliphatic rings. The minimum atomic E-state index is -0.236. The van der Waals surface area contributed by atoms with Crippen LogP contribution >= 0.6 is 22.9 Å². The molecule has 0 spiro atoms. The van der Waals surface area contributed by atoms with Gasteiger partial charge < -0.3 is 10.2 Å². The Morgan fingerprint density at radius 1 is 1.03 bits per heavy atom. The summed E-state index contributed by atoms with van der Waals surface area (Å²) in [7, 11) is 0. The Bertz CT molecular complexity index is 1310. The minimum absolute atomic E-state index is 0.0393. The van der Waals surface area contributed by atoms with Crippen LogP contribution < -0.4 is 5.32 Å². The van der Waals surface area contributed by atoms with E-state index in [4.69, 9.17) is 11.6 Å². The second-order valence-corrected chi connectivity index (χ2v) is 13.1. The van der Waals surface area contributed by atoms with Gasteiger partial charge in [-0.15, -0.1) is 11.3 Å². The number of nitrogens with one attached hydrogen (secondary N) is 1. The van der Waals surface area contributed by atoms with Gasteiger partial charge in [-0.25, -0.2) is 0 Å². The van der Waals surface area contributed by atoms with Crippen molar-refractivity contribution in [3.63, 3.8) is 0 Å². The molecule has 5 nitrogen and oxygen atoms in total. The van der Waals surface area contributed by atoms with E-state index in [2.05, 4.69) is 55.3 Å². The number of hydrogen-bond acceptors (Lipinski definition) is 4. The Morgan fingerprint density at radius 3 is 2.45 bits per heavy atom. The standard InChI is InChI=1S/C31H36ClN3O2S/c1-31(2,3)23-12-13-25-26(19-23)38-29(33-28(36)22-10-7-11-24(32)18-22)27(25)30(37)35-16-14-34(15-17-35)20-21-8-5-4-6-9-21/h4-11,18,23H,12-17,19-20H2,1-3H3,(H,33,36). The van der Waals surface area contributed by atoms with Crippen molar-refractivity contribution >= 4 is 39.8 Å². The molecule has 1 saturated heterocycles. The fourth-order valence-electron chi connectivity index (χ4n) is 5.55. The number of anilines is 1. The molecule has 3 aromatic rings. The average molecular weight is 550 g/mol. The largest absolute Gasteiger partial charge is 0.336 e. The SMILES string of the molecule is CC(C)(C)C1CCc2c(sc(NC(=O)c3cccc(Cl)c3)c2C(=O)N2CCN(Cc3ccccc3)CC2)C1. The highest BCUT2D eigenvalue weighted by Gasteiger charge is 2.36. The summed E-state index contributed by atoms with van der Waals surface area (Å²) in [5.41, 5.74) is 3.81. The Kier molecular flexibility index (Phi) is 7.94. The monoisotopic (exact) mass is 549 g/mol. The van der Waals surface area contributed by atoms with Crippen LogP contribution in [0.25, 0.3) is 0 Å². The van der Waals surface area contributed by atoms with Gasteiger partial charge in [-0.2, -0.15) is 0 Å². The molecule has 200 valence electrons. The number of carbonyl (C=O) groups is 2. The number of fused-ring (bicyclic) bond motifs is 1. The van der Waals surface area contributed by atoms with Gasteiger partial charge in [0.05, 0.1) is 5.56 Å². The summed E-state index contributed by atoms with van der Waals surface area (Å²) in [4.78, 5) is 32.8. The first-order valence-corrected chi connectivity index (χ1v) is 14.7. The van der Waals surface area contributed by atoms with Crippen LogP contribution in [0.3, 0.4) is 0 Å². The van der Waals surface area contributed by atoms with E-state index in [9.17, 15) is 9.59 Å². The van der Waals surface area contributed by atoms with Crippen molar-refractivity contribution in [3.05, 3.63) is 86.8 Å². The summed E-state index contributed by atoms with van der Waals surface area (Å²) in [6.07, 6.45) is 2.87. The summed E-state index contributed by atoms with van der Waals surface area (Å²) < 4.78 is 0. The third-order valence-electron chi connectivity index (χ3n) is 7.93. The van der Waals surface area contributed by atoms with Gasteiger partial charge in [-0.05, 0) is 59.9 Å². The molecule has 38 heavy (non-hydrogen) atoms. The van der Waals surface area contributed by atoms with Crippen LogP contribution in [0.4, 0.5) is 5.00 Å². The van der Waals surface area contributed by atoms with Gasteiger partial charge in [-0.1, -0.05) is 68.8 Å². The maximum Gasteiger partial charge on any atom is 0.257 e. The van der Waals surface area contributed by atoms with Crippen LogP contribution in [0.5, 0.6) is 0 Å². The van der Waals surface area contributed by atoms with E-state index in [0.717, 1.165) is 44.5 Å². The van der Waals surface area contributed by atoms with Crippen molar-refractivity contribution in [2.45, 2.75) is 46.6 Å². The summed E-state index contributed by atoms with van der Waals surface area (Å²) in [5.74, 6) is 0.354. The molecular formula is C31H36ClN3O2S. The van der Waals surface area contributed by atoms with Crippen LogP contribution in [-0.2, 0) is 19.4 Å². The number of amides is 2. The maximum atomic E-state index is 14.0. The van der Waals surface area contributed by atoms with Gasteiger partial charge in [0.1, 0.15) is 5.00 Å². The van der Waals surface area contributed by atoms with Gasteiger partial charge in [-0.3, -0.25) is 14.5 Å². The maximum absolute atomic E-state index is 14.0. The normalized spacial score (nSPS) is 18.2. The minimum Gasteiger partial charge on any atom is -0.336 e. The lowest BCUT2D eigenvalue weighted by molar-refractivity contribution is 0.0628. The quantitative estimate of drug-likeness (QED) is 0.382. The number of carbonyl (C=O) groups excluding carboxylic acids is 2. The summed E-state index contributed by atoms with van der Waals surface area (Å²) in [6, 6.07) is 17.4. The Hall–Kier alpha value is -2.67. The van der Waals surface area contributed by atoms with Crippen molar-refractivity contribution in [2.24, 2.45) is 11.3 Å². The third-order valence-corrected chi connectivity index (χ3v) is 9.33. The molecule has 0 bridgehead atoms. The molecule has 2 aromatic carbocycles. The smallest absolute Gasteiger partial charge is 0.257 e. The molecule has 5 rings (SSSR count). The molecule has 1 unspecified atom stereocenters. The number of piperazine rings is 1. The highest BCUT2D eigenvalue weighted by molar-refractivity contribution is 7.17. The number of benzene rings is 2. The lowest BCUT2D eigenvalue weighted by Gasteiger charge is -2.36. The van der Waals surface area contributed by atoms with Crippen molar-refractivity contribution in [3.8, 4) is 0 Å². The highest BCUT2D eigenvalue weighted by atomic mass is 35.5.